The van der Waals surface area contributed by atoms with Crippen LogP contribution in [0.3, 0.4) is 0 Å². The van der Waals surface area contributed by atoms with E-state index >= 15 is 0 Å². The van der Waals surface area contributed by atoms with E-state index in [-0.39, 0.29) is 18.9 Å². The highest BCUT2D eigenvalue weighted by Gasteiger charge is 2.20. The number of nitrogens with one attached hydrogen (secondary N) is 1. The van der Waals surface area contributed by atoms with Crippen molar-refractivity contribution in [3.8, 4) is 0 Å². The number of ether oxygens (including phenoxy) is 1. The summed E-state index contributed by atoms with van der Waals surface area (Å²) in [7, 11) is 0. The molecular weight excluding hydrogens is 310 g/mol. The number of alkyl carbamates (subject to hydrolysis) is 1. The van der Waals surface area contributed by atoms with E-state index in [1.54, 1.807) is 20.8 Å². The minimum atomic E-state index is -0.595. The van der Waals surface area contributed by atoms with E-state index in [1.807, 2.05) is 0 Å². The minimum Gasteiger partial charge on any atom is -0.444 e. The molecule has 24 heavy (non-hydrogen) atoms. The largest absolute Gasteiger partial charge is 0.444 e. The Balaban J connectivity index is 4.28. The zero-order valence-corrected chi connectivity index (χ0v) is 15.1. The third kappa shape index (κ3) is 10.8. The molecule has 0 heterocycles. The smallest absolute Gasteiger partial charge is 0.407 e. The van der Waals surface area contributed by atoms with E-state index in [0.717, 1.165) is 31.8 Å². The fraction of sp³-hybridized carbons (Fsp3) is 0.706. The number of hydrogen-bond acceptors (Lipinski definition) is 5. The molecule has 0 aliphatic heterocycles. The van der Waals surface area contributed by atoms with Crippen LogP contribution in [0.5, 0.6) is 0 Å². The Kier molecular flexibility index (Phi) is 10.7. The van der Waals surface area contributed by atoms with Gasteiger partial charge in [0.15, 0.2) is 0 Å². The van der Waals surface area contributed by atoms with Crippen LogP contribution in [0.1, 0.15) is 52.9 Å². The predicted octanol–water partition coefficient (Wildman–Crippen LogP) is 1.96. The lowest BCUT2D eigenvalue weighted by Gasteiger charge is -2.21. The first-order valence-corrected chi connectivity index (χ1v) is 8.35. The van der Waals surface area contributed by atoms with Gasteiger partial charge in [0, 0.05) is 19.5 Å². The van der Waals surface area contributed by atoms with Crippen LogP contribution in [0, 0.1) is 0 Å². The van der Waals surface area contributed by atoms with Crippen molar-refractivity contribution in [1.82, 2.24) is 10.2 Å². The molecule has 7 heteroatoms. The quantitative estimate of drug-likeness (QED) is 0.467. The van der Waals surface area contributed by atoms with Gasteiger partial charge in [0.1, 0.15) is 5.60 Å². The molecule has 0 unspecified atom stereocenters. The molecule has 0 aliphatic carbocycles. The van der Waals surface area contributed by atoms with Crippen molar-refractivity contribution >= 4 is 17.9 Å². The number of carbonyl (C=O) groups is 3. The van der Waals surface area contributed by atoms with Gasteiger partial charge in [0.2, 0.25) is 5.91 Å². The van der Waals surface area contributed by atoms with Crippen LogP contribution in [-0.2, 0) is 14.3 Å². The SMILES string of the molecule is C=CC(=O)N(CCCCCCN)C(=O)CCNC(=O)OC(C)(C)C. The summed E-state index contributed by atoms with van der Waals surface area (Å²) in [5, 5.41) is 2.51. The van der Waals surface area contributed by atoms with Gasteiger partial charge in [-0.1, -0.05) is 19.4 Å². The zero-order chi connectivity index (χ0) is 18.6. The number of nitrogens with zero attached hydrogens (tertiary/aromatic N) is 1. The van der Waals surface area contributed by atoms with E-state index in [9.17, 15) is 14.4 Å². The minimum absolute atomic E-state index is 0.0294. The van der Waals surface area contributed by atoms with Crippen LogP contribution in [0.25, 0.3) is 0 Å². The average Bonchev–Trinajstić information content (AvgIpc) is 2.48. The van der Waals surface area contributed by atoms with Crippen LogP contribution < -0.4 is 11.1 Å². The fourth-order valence-electron chi connectivity index (χ4n) is 1.96. The summed E-state index contributed by atoms with van der Waals surface area (Å²) >= 11 is 0. The van der Waals surface area contributed by atoms with E-state index in [2.05, 4.69) is 11.9 Å². The molecule has 0 bridgehead atoms. The first kappa shape index (κ1) is 22.1. The van der Waals surface area contributed by atoms with Gasteiger partial charge < -0.3 is 15.8 Å². The number of rotatable bonds is 10. The Hall–Kier alpha value is -1.89. The molecule has 0 saturated carbocycles. The molecule has 0 aliphatic rings. The van der Waals surface area contributed by atoms with Gasteiger partial charge >= 0.3 is 6.09 Å². The summed E-state index contributed by atoms with van der Waals surface area (Å²) in [6.07, 6.45) is 4.11. The summed E-state index contributed by atoms with van der Waals surface area (Å²) in [4.78, 5) is 36.7. The highest BCUT2D eigenvalue weighted by Crippen LogP contribution is 2.07. The van der Waals surface area contributed by atoms with Crippen molar-refractivity contribution in [2.75, 3.05) is 19.6 Å². The molecule has 0 atom stereocenters. The molecule has 3 N–H and O–H groups in total. The highest BCUT2D eigenvalue weighted by molar-refractivity contribution is 6.00. The van der Waals surface area contributed by atoms with Crippen LogP contribution in [0.4, 0.5) is 4.79 Å². The lowest BCUT2D eigenvalue weighted by molar-refractivity contribution is -0.141. The van der Waals surface area contributed by atoms with Crippen LogP contribution in [0.2, 0.25) is 0 Å². The maximum absolute atomic E-state index is 12.2. The van der Waals surface area contributed by atoms with E-state index in [4.69, 9.17) is 10.5 Å². The molecule has 0 saturated heterocycles. The molecule has 0 aromatic carbocycles. The number of imide groups is 1. The number of amides is 3. The van der Waals surface area contributed by atoms with Crippen molar-refractivity contribution < 1.29 is 19.1 Å². The Morgan fingerprint density at radius 2 is 1.79 bits per heavy atom. The molecule has 0 radical (unpaired) electrons. The second-order valence-electron chi connectivity index (χ2n) is 6.47. The molecule has 138 valence electrons. The number of hydrogen-bond donors (Lipinski definition) is 2. The standard InChI is InChI=1S/C17H31N3O4/c1-5-14(21)20(13-9-7-6-8-11-18)15(22)10-12-19-16(23)24-17(2,3)4/h5H,1,6-13,18H2,2-4H3,(H,19,23). The molecule has 7 nitrogen and oxygen atoms in total. The summed E-state index contributed by atoms with van der Waals surface area (Å²) in [6, 6.07) is 0. The van der Waals surface area contributed by atoms with Gasteiger partial charge in [-0.25, -0.2) is 4.79 Å². The van der Waals surface area contributed by atoms with Crippen LogP contribution in [-0.4, -0.2) is 48.0 Å². The molecule has 0 aromatic rings. The first-order chi connectivity index (χ1) is 11.2. The van der Waals surface area contributed by atoms with Gasteiger partial charge in [-0.05, 0) is 46.2 Å². The van der Waals surface area contributed by atoms with Crippen molar-refractivity contribution in [3.05, 3.63) is 12.7 Å². The molecule has 0 spiro atoms. The molecular formula is C17H31N3O4. The Labute approximate surface area is 144 Å². The Morgan fingerprint density at radius 3 is 2.33 bits per heavy atom. The van der Waals surface area contributed by atoms with Crippen LogP contribution >= 0.6 is 0 Å². The summed E-state index contributed by atoms with van der Waals surface area (Å²) in [6.45, 7) is 9.80. The third-order valence-electron chi connectivity index (χ3n) is 3.08. The second-order valence-corrected chi connectivity index (χ2v) is 6.47. The number of carbonyl (C=O) groups excluding carboxylic acids is 3. The highest BCUT2D eigenvalue weighted by atomic mass is 16.6. The van der Waals surface area contributed by atoms with Gasteiger partial charge in [0.25, 0.3) is 5.91 Å². The van der Waals surface area contributed by atoms with Crippen molar-refractivity contribution in [3.63, 3.8) is 0 Å². The van der Waals surface area contributed by atoms with Crippen molar-refractivity contribution in [1.29, 1.82) is 0 Å². The lowest BCUT2D eigenvalue weighted by Crippen LogP contribution is -2.39. The maximum atomic E-state index is 12.2. The van der Waals surface area contributed by atoms with Crippen LogP contribution in [0.15, 0.2) is 12.7 Å². The predicted molar refractivity (Wildman–Crippen MR) is 93.3 cm³/mol. The molecule has 0 fully saturated rings. The topological polar surface area (TPSA) is 102 Å². The number of nitrogens with two attached hydrogens (primary N) is 1. The Bertz CT molecular complexity index is 430. The summed E-state index contributed by atoms with van der Waals surface area (Å²) in [5.74, 6) is -0.758. The average molecular weight is 341 g/mol. The summed E-state index contributed by atoms with van der Waals surface area (Å²) in [5.41, 5.74) is 4.83. The zero-order valence-electron chi connectivity index (χ0n) is 15.1. The van der Waals surface area contributed by atoms with E-state index in [0.29, 0.717) is 13.1 Å². The van der Waals surface area contributed by atoms with E-state index in [1.165, 1.54) is 4.90 Å². The van der Waals surface area contributed by atoms with Crippen molar-refractivity contribution in [2.24, 2.45) is 5.73 Å². The van der Waals surface area contributed by atoms with E-state index < -0.39 is 17.6 Å². The lowest BCUT2D eigenvalue weighted by atomic mass is 10.2. The Morgan fingerprint density at radius 1 is 1.17 bits per heavy atom. The molecule has 0 aromatic heterocycles. The summed E-state index contributed by atoms with van der Waals surface area (Å²) < 4.78 is 5.08. The maximum Gasteiger partial charge on any atom is 0.407 e. The molecule has 3 amide bonds. The normalized spacial score (nSPS) is 10.8. The van der Waals surface area contributed by atoms with Gasteiger partial charge in [0.05, 0.1) is 0 Å². The van der Waals surface area contributed by atoms with Gasteiger partial charge in [-0.15, -0.1) is 0 Å². The van der Waals surface area contributed by atoms with Crippen molar-refractivity contribution in [2.45, 2.75) is 58.5 Å². The monoisotopic (exact) mass is 341 g/mol. The molecule has 0 rings (SSSR count). The third-order valence-corrected chi connectivity index (χ3v) is 3.08. The fourth-order valence-corrected chi connectivity index (χ4v) is 1.96. The number of unbranched alkanes of at least 4 members (excludes halogenated alkanes) is 3. The first-order valence-electron chi connectivity index (χ1n) is 8.35. The van der Waals surface area contributed by atoms with Gasteiger partial charge in [-0.3, -0.25) is 14.5 Å². The second kappa shape index (κ2) is 11.6. The van der Waals surface area contributed by atoms with Gasteiger partial charge in [-0.2, -0.15) is 0 Å².